The van der Waals surface area contributed by atoms with Gasteiger partial charge in [0.25, 0.3) is 5.91 Å². The number of aromatic amines is 1. The normalized spacial score (nSPS) is 15.0. The first kappa shape index (κ1) is 25.2. The van der Waals surface area contributed by atoms with E-state index in [-0.39, 0.29) is 18.6 Å². The lowest BCUT2D eigenvalue weighted by Gasteiger charge is -2.23. The number of nitrogens with zero attached hydrogens (tertiary/aromatic N) is 1. The van der Waals surface area contributed by atoms with Crippen LogP contribution in [-0.4, -0.2) is 70.8 Å². The molecule has 1 unspecified atom stereocenters. The van der Waals surface area contributed by atoms with Gasteiger partial charge in [-0.1, -0.05) is 30.0 Å². The molecule has 1 amide bonds. The zero-order chi connectivity index (χ0) is 24.6. The molecule has 7 heteroatoms. The minimum atomic E-state index is -0.430. The molecule has 1 fully saturated rings. The molecule has 0 aliphatic carbocycles. The Morgan fingerprint density at radius 3 is 2.80 bits per heavy atom. The van der Waals surface area contributed by atoms with E-state index in [9.17, 15) is 9.90 Å². The second kappa shape index (κ2) is 12.2. The summed E-state index contributed by atoms with van der Waals surface area (Å²) in [5.74, 6) is 8.98. The van der Waals surface area contributed by atoms with E-state index in [4.69, 9.17) is 4.74 Å². The van der Waals surface area contributed by atoms with Crippen molar-refractivity contribution in [1.29, 1.82) is 0 Å². The summed E-state index contributed by atoms with van der Waals surface area (Å²) >= 11 is 1.98. The third-order valence-corrected chi connectivity index (χ3v) is 6.87. The van der Waals surface area contributed by atoms with Gasteiger partial charge in [-0.25, -0.2) is 0 Å². The van der Waals surface area contributed by atoms with Crippen LogP contribution in [0.25, 0.3) is 10.9 Å². The number of aliphatic hydroxyl groups excluding tert-OH is 1. The van der Waals surface area contributed by atoms with Crippen molar-refractivity contribution in [2.75, 3.05) is 37.7 Å². The summed E-state index contributed by atoms with van der Waals surface area (Å²) in [6.45, 7) is 6.54. The monoisotopic (exact) mass is 491 g/mol. The van der Waals surface area contributed by atoms with Crippen LogP contribution >= 0.6 is 11.8 Å². The Hall–Kier alpha value is -2.92. The van der Waals surface area contributed by atoms with Crippen LogP contribution in [0.4, 0.5) is 0 Å². The van der Waals surface area contributed by atoms with Crippen LogP contribution in [-0.2, 0) is 6.42 Å². The fourth-order valence-corrected chi connectivity index (χ4v) is 5.12. The molecule has 4 rings (SSSR count). The number of H-pyrrole nitrogens is 1. The summed E-state index contributed by atoms with van der Waals surface area (Å²) in [4.78, 5) is 18.9. The van der Waals surface area contributed by atoms with Crippen molar-refractivity contribution < 1.29 is 14.6 Å². The number of amides is 1. The maximum Gasteiger partial charge on any atom is 0.255 e. The molecule has 1 atom stereocenters. The number of thioether (sulfide) groups is 1. The van der Waals surface area contributed by atoms with E-state index in [1.807, 2.05) is 68.2 Å². The average Bonchev–Trinajstić information content (AvgIpc) is 3.27. The predicted octanol–water partition coefficient (Wildman–Crippen LogP) is 3.69. The SMILES string of the molecule is CC(C)Oc1ccc(C#CCN2CCSCC2)cc1C(=O)NC(CO)Cc1c[nH]c2ccccc12. The van der Waals surface area contributed by atoms with E-state index in [0.717, 1.165) is 53.2 Å². The minimum absolute atomic E-state index is 0.0738. The van der Waals surface area contributed by atoms with Crippen molar-refractivity contribution in [2.45, 2.75) is 32.4 Å². The van der Waals surface area contributed by atoms with Gasteiger partial charge in [0.1, 0.15) is 5.75 Å². The number of fused-ring (bicyclic) bond motifs is 1. The molecule has 3 aromatic rings. The number of nitrogens with one attached hydrogen (secondary N) is 2. The van der Waals surface area contributed by atoms with E-state index in [0.29, 0.717) is 17.7 Å². The van der Waals surface area contributed by atoms with Gasteiger partial charge >= 0.3 is 0 Å². The molecule has 1 aliphatic heterocycles. The van der Waals surface area contributed by atoms with Gasteiger partial charge in [-0.3, -0.25) is 9.69 Å². The van der Waals surface area contributed by atoms with Crippen molar-refractivity contribution in [1.82, 2.24) is 15.2 Å². The summed E-state index contributed by atoms with van der Waals surface area (Å²) in [6, 6.07) is 13.1. The number of aromatic nitrogens is 1. The lowest BCUT2D eigenvalue weighted by atomic mass is 10.0. The van der Waals surface area contributed by atoms with Crippen LogP contribution in [0.5, 0.6) is 5.75 Å². The topological polar surface area (TPSA) is 77.6 Å². The molecular formula is C28H33N3O3S. The third kappa shape index (κ3) is 6.82. The Kier molecular flexibility index (Phi) is 8.75. The van der Waals surface area contributed by atoms with E-state index < -0.39 is 6.04 Å². The maximum atomic E-state index is 13.3. The van der Waals surface area contributed by atoms with E-state index >= 15 is 0 Å². The summed E-state index contributed by atoms with van der Waals surface area (Å²) < 4.78 is 5.91. The molecule has 2 heterocycles. The number of carbonyl (C=O) groups excluding carboxylic acids is 1. The van der Waals surface area contributed by atoms with Gasteiger partial charge in [-0.15, -0.1) is 0 Å². The van der Waals surface area contributed by atoms with Gasteiger partial charge in [0.05, 0.1) is 30.9 Å². The molecule has 6 nitrogen and oxygen atoms in total. The molecule has 1 aromatic heterocycles. The third-order valence-electron chi connectivity index (χ3n) is 5.92. The van der Waals surface area contributed by atoms with E-state index in [1.165, 1.54) is 0 Å². The van der Waals surface area contributed by atoms with Gasteiger partial charge in [0.15, 0.2) is 0 Å². The number of aliphatic hydroxyl groups is 1. The van der Waals surface area contributed by atoms with Gasteiger partial charge in [0, 0.05) is 47.3 Å². The number of hydrogen-bond donors (Lipinski definition) is 3. The van der Waals surface area contributed by atoms with Gasteiger partial charge < -0.3 is 20.1 Å². The number of hydrogen-bond acceptors (Lipinski definition) is 5. The summed E-state index contributed by atoms with van der Waals surface area (Å²) in [7, 11) is 0. The lowest BCUT2D eigenvalue weighted by molar-refractivity contribution is 0.0910. The zero-order valence-corrected chi connectivity index (χ0v) is 21.2. The summed E-state index contributed by atoms with van der Waals surface area (Å²) in [5.41, 5.74) is 3.29. The van der Waals surface area contributed by atoms with Crippen molar-refractivity contribution >= 4 is 28.6 Å². The van der Waals surface area contributed by atoms with Crippen molar-refractivity contribution in [2.24, 2.45) is 0 Å². The van der Waals surface area contributed by atoms with Crippen LogP contribution in [0, 0.1) is 11.8 Å². The molecule has 2 aromatic carbocycles. The van der Waals surface area contributed by atoms with Crippen molar-refractivity contribution in [3.63, 3.8) is 0 Å². The van der Waals surface area contributed by atoms with Crippen LogP contribution in [0.15, 0.2) is 48.7 Å². The van der Waals surface area contributed by atoms with E-state index in [1.54, 1.807) is 6.07 Å². The highest BCUT2D eigenvalue weighted by Crippen LogP contribution is 2.23. The Bertz CT molecular complexity index is 1200. The largest absolute Gasteiger partial charge is 0.490 e. The number of ether oxygens (including phenoxy) is 1. The fraction of sp³-hybridized carbons (Fsp3) is 0.393. The summed E-state index contributed by atoms with van der Waals surface area (Å²) in [6.07, 6.45) is 2.37. The zero-order valence-electron chi connectivity index (χ0n) is 20.3. The van der Waals surface area contributed by atoms with Gasteiger partial charge in [-0.2, -0.15) is 11.8 Å². The van der Waals surface area contributed by atoms with E-state index in [2.05, 4.69) is 27.0 Å². The van der Waals surface area contributed by atoms with Gasteiger partial charge in [-0.05, 0) is 50.1 Å². The quantitative estimate of drug-likeness (QED) is 0.419. The van der Waals surface area contributed by atoms with Crippen LogP contribution in [0.3, 0.4) is 0 Å². The Balaban J connectivity index is 1.50. The maximum absolute atomic E-state index is 13.3. The average molecular weight is 492 g/mol. The van der Waals surface area contributed by atoms with Crippen LogP contribution in [0.1, 0.15) is 35.3 Å². The first-order chi connectivity index (χ1) is 17.0. The highest BCUT2D eigenvalue weighted by atomic mass is 32.2. The first-order valence-corrected chi connectivity index (χ1v) is 13.3. The molecule has 184 valence electrons. The molecule has 1 saturated heterocycles. The van der Waals surface area contributed by atoms with Crippen LogP contribution in [0.2, 0.25) is 0 Å². The smallest absolute Gasteiger partial charge is 0.255 e. The highest BCUT2D eigenvalue weighted by molar-refractivity contribution is 7.99. The highest BCUT2D eigenvalue weighted by Gasteiger charge is 2.19. The standard InChI is InChI=1S/C28H33N3O3S/c1-20(2)34-27-10-9-21(6-5-11-31-12-14-35-15-13-31)16-25(27)28(33)30-23(19-32)17-22-18-29-26-8-4-3-7-24(22)26/h3-4,7-10,16,18,20,23,29,32H,11-15,17,19H2,1-2H3,(H,30,33). The van der Waals surface area contributed by atoms with Gasteiger partial charge in [0.2, 0.25) is 0 Å². The number of rotatable bonds is 8. The van der Waals surface area contributed by atoms with Crippen LogP contribution < -0.4 is 10.1 Å². The molecule has 3 N–H and O–H groups in total. The molecule has 0 radical (unpaired) electrons. The lowest BCUT2D eigenvalue weighted by Crippen LogP contribution is -2.39. The molecule has 35 heavy (non-hydrogen) atoms. The summed E-state index contributed by atoms with van der Waals surface area (Å²) in [5, 5.41) is 14.1. The van der Waals surface area contributed by atoms with Crippen molar-refractivity contribution in [3.8, 4) is 17.6 Å². The Morgan fingerprint density at radius 2 is 2.03 bits per heavy atom. The molecule has 0 spiro atoms. The second-order valence-corrected chi connectivity index (χ2v) is 10.2. The molecule has 0 saturated carbocycles. The number of para-hydroxylation sites is 1. The molecule has 0 bridgehead atoms. The Labute approximate surface area is 211 Å². The second-order valence-electron chi connectivity index (χ2n) is 8.98. The Morgan fingerprint density at radius 1 is 1.23 bits per heavy atom. The number of carbonyl (C=O) groups is 1. The molecular weight excluding hydrogens is 458 g/mol. The predicted molar refractivity (Wildman–Crippen MR) is 143 cm³/mol. The first-order valence-electron chi connectivity index (χ1n) is 12.1. The fourth-order valence-electron chi connectivity index (χ4n) is 4.14. The molecule has 1 aliphatic rings. The minimum Gasteiger partial charge on any atom is -0.490 e. The van der Waals surface area contributed by atoms with Crippen molar-refractivity contribution in [3.05, 3.63) is 65.4 Å². The number of benzene rings is 2.